The molecule has 15 heavy (non-hydrogen) atoms. The first-order chi connectivity index (χ1) is 7.20. The number of para-hydroxylation sites is 1. The van der Waals surface area contributed by atoms with Gasteiger partial charge in [0.25, 0.3) is 0 Å². The maximum atomic E-state index is 11.8. The zero-order valence-corrected chi connectivity index (χ0v) is 8.67. The van der Waals surface area contributed by atoms with Crippen molar-refractivity contribution in [1.82, 2.24) is 0 Å². The van der Waals surface area contributed by atoms with E-state index in [9.17, 15) is 4.79 Å². The zero-order chi connectivity index (χ0) is 10.8. The fraction of sp³-hybridized carbons (Fsp3) is 0.250. The summed E-state index contributed by atoms with van der Waals surface area (Å²) in [5.74, 6) is 0.590. The van der Waals surface area contributed by atoms with Crippen molar-refractivity contribution >= 4 is 11.5 Å². The monoisotopic (exact) mass is 203 g/mol. The van der Waals surface area contributed by atoms with Gasteiger partial charge in [0.1, 0.15) is 6.61 Å². The summed E-state index contributed by atoms with van der Waals surface area (Å²) in [5, 5.41) is 3.19. The van der Waals surface area contributed by atoms with Crippen molar-refractivity contribution in [2.75, 3.05) is 18.5 Å². The first-order valence-electron chi connectivity index (χ1n) is 4.90. The van der Waals surface area contributed by atoms with E-state index < -0.39 is 0 Å². The molecule has 2 rings (SSSR count). The summed E-state index contributed by atoms with van der Waals surface area (Å²) in [6, 6.07) is 5.52. The maximum absolute atomic E-state index is 11.8. The number of ether oxygens (including phenoxy) is 1. The first kappa shape index (κ1) is 9.77. The molecule has 1 aliphatic rings. The Morgan fingerprint density at radius 3 is 3.07 bits per heavy atom. The summed E-state index contributed by atoms with van der Waals surface area (Å²) in [6.07, 6.45) is 0. The van der Waals surface area contributed by atoms with Crippen molar-refractivity contribution in [3.8, 4) is 5.75 Å². The van der Waals surface area contributed by atoms with Crippen LogP contribution in [0.1, 0.15) is 17.3 Å². The molecule has 0 radical (unpaired) electrons. The first-order valence-corrected chi connectivity index (χ1v) is 4.90. The molecule has 1 aliphatic heterocycles. The second kappa shape index (κ2) is 3.77. The summed E-state index contributed by atoms with van der Waals surface area (Å²) in [4.78, 5) is 11.8. The van der Waals surface area contributed by atoms with Gasteiger partial charge in [-0.25, -0.2) is 0 Å². The van der Waals surface area contributed by atoms with Gasteiger partial charge in [0.15, 0.2) is 11.5 Å². The molecule has 0 amide bonds. The number of ketones is 1. The van der Waals surface area contributed by atoms with E-state index in [1.807, 2.05) is 12.1 Å². The number of nitrogens with one attached hydrogen (secondary N) is 1. The van der Waals surface area contributed by atoms with Crippen molar-refractivity contribution in [2.24, 2.45) is 0 Å². The number of carbonyl (C=O) groups excluding carboxylic acids is 1. The van der Waals surface area contributed by atoms with Crippen molar-refractivity contribution in [2.45, 2.75) is 6.92 Å². The second-order valence-corrected chi connectivity index (χ2v) is 3.57. The minimum absolute atomic E-state index is 0.0597. The molecule has 0 aromatic heterocycles. The third-order valence-corrected chi connectivity index (χ3v) is 2.31. The number of carbonyl (C=O) groups is 1. The summed E-state index contributed by atoms with van der Waals surface area (Å²) in [5.41, 5.74) is 2.00. The summed E-state index contributed by atoms with van der Waals surface area (Å²) >= 11 is 0. The Morgan fingerprint density at radius 2 is 2.33 bits per heavy atom. The molecule has 3 nitrogen and oxygen atoms in total. The number of hydrogen-bond donors (Lipinski definition) is 1. The normalized spacial score (nSPS) is 13.4. The third-order valence-electron chi connectivity index (χ3n) is 2.31. The SMILES string of the molecule is C=C(C)C(=O)c1cccc2c1OCCN2. The summed E-state index contributed by atoms with van der Waals surface area (Å²) < 4.78 is 5.50. The van der Waals surface area contributed by atoms with Crippen molar-refractivity contribution < 1.29 is 9.53 Å². The van der Waals surface area contributed by atoms with Crippen LogP contribution in [0.4, 0.5) is 5.69 Å². The van der Waals surface area contributed by atoms with Gasteiger partial charge < -0.3 is 10.1 Å². The minimum atomic E-state index is -0.0597. The van der Waals surface area contributed by atoms with Crippen LogP contribution in [0.2, 0.25) is 0 Å². The quantitative estimate of drug-likeness (QED) is 0.591. The number of rotatable bonds is 2. The van der Waals surface area contributed by atoms with Gasteiger partial charge in [0, 0.05) is 6.54 Å². The molecule has 1 N–H and O–H groups in total. The fourth-order valence-corrected chi connectivity index (χ4v) is 1.58. The van der Waals surface area contributed by atoms with Crippen LogP contribution in [0.3, 0.4) is 0 Å². The van der Waals surface area contributed by atoms with Gasteiger partial charge in [0.2, 0.25) is 0 Å². The third kappa shape index (κ3) is 1.73. The predicted octanol–water partition coefficient (Wildman–Crippen LogP) is 2.25. The Hall–Kier alpha value is -1.77. The van der Waals surface area contributed by atoms with Gasteiger partial charge in [-0.2, -0.15) is 0 Å². The van der Waals surface area contributed by atoms with Gasteiger partial charge in [-0.05, 0) is 24.6 Å². The molecule has 1 heterocycles. The summed E-state index contributed by atoms with van der Waals surface area (Å²) in [7, 11) is 0. The number of anilines is 1. The van der Waals surface area contributed by atoms with Crippen molar-refractivity contribution in [1.29, 1.82) is 0 Å². The van der Waals surface area contributed by atoms with Gasteiger partial charge >= 0.3 is 0 Å². The van der Waals surface area contributed by atoms with E-state index in [1.165, 1.54) is 0 Å². The van der Waals surface area contributed by atoms with Crippen LogP contribution >= 0.6 is 0 Å². The lowest BCUT2D eigenvalue weighted by Gasteiger charge is -2.21. The number of hydrogen-bond acceptors (Lipinski definition) is 3. The largest absolute Gasteiger partial charge is 0.489 e. The Bertz CT molecular complexity index is 424. The topological polar surface area (TPSA) is 38.3 Å². The van der Waals surface area contributed by atoms with E-state index in [4.69, 9.17) is 4.74 Å². The van der Waals surface area contributed by atoms with Gasteiger partial charge in [0.05, 0.1) is 11.3 Å². The van der Waals surface area contributed by atoms with Crippen LogP contribution in [-0.2, 0) is 0 Å². The van der Waals surface area contributed by atoms with Crippen LogP contribution < -0.4 is 10.1 Å². The number of benzene rings is 1. The maximum Gasteiger partial charge on any atom is 0.191 e. The molecular weight excluding hydrogens is 190 g/mol. The molecule has 0 saturated heterocycles. The molecule has 78 valence electrons. The van der Waals surface area contributed by atoms with Crippen molar-refractivity contribution in [3.05, 3.63) is 35.9 Å². The molecule has 0 bridgehead atoms. The predicted molar refractivity (Wildman–Crippen MR) is 59.6 cm³/mol. The van der Waals surface area contributed by atoms with Crippen LogP contribution in [0.15, 0.2) is 30.4 Å². The van der Waals surface area contributed by atoms with Crippen LogP contribution in [0.25, 0.3) is 0 Å². The molecule has 0 fully saturated rings. The van der Waals surface area contributed by atoms with Crippen LogP contribution in [-0.4, -0.2) is 18.9 Å². The van der Waals surface area contributed by atoms with Crippen molar-refractivity contribution in [3.63, 3.8) is 0 Å². The standard InChI is InChI=1S/C12H13NO2/c1-8(2)11(14)9-4-3-5-10-12(9)15-7-6-13-10/h3-5,13H,1,6-7H2,2H3. The summed E-state index contributed by atoms with van der Waals surface area (Å²) in [6.45, 7) is 6.73. The molecule has 0 aliphatic carbocycles. The lowest BCUT2D eigenvalue weighted by Crippen LogP contribution is -2.20. The molecule has 0 spiro atoms. The number of fused-ring (bicyclic) bond motifs is 1. The molecular formula is C12H13NO2. The van der Waals surface area contributed by atoms with E-state index in [-0.39, 0.29) is 5.78 Å². The van der Waals surface area contributed by atoms with E-state index >= 15 is 0 Å². The zero-order valence-electron chi connectivity index (χ0n) is 8.67. The fourth-order valence-electron chi connectivity index (χ4n) is 1.58. The smallest absolute Gasteiger partial charge is 0.191 e. The lowest BCUT2D eigenvalue weighted by atomic mass is 10.0. The highest BCUT2D eigenvalue weighted by Crippen LogP contribution is 2.32. The molecule has 0 atom stereocenters. The minimum Gasteiger partial charge on any atom is -0.489 e. The number of Topliss-reactive ketones (excluding diaryl/α,β-unsaturated/α-hetero) is 1. The Balaban J connectivity index is 2.48. The van der Waals surface area contributed by atoms with E-state index in [1.54, 1.807) is 13.0 Å². The molecule has 0 unspecified atom stereocenters. The highest BCUT2D eigenvalue weighted by Gasteiger charge is 2.18. The number of allylic oxidation sites excluding steroid dienone is 1. The Labute approximate surface area is 88.8 Å². The van der Waals surface area contributed by atoms with Crippen LogP contribution in [0.5, 0.6) is 5.75 Å². The van der Waals surface area contributed by atoms with Crippen LogP contribution in [0, 0.1) is 0 Å². The average molecular weight is 203 g/mol. The Morgan fingerprint density at radius 1 is 1.53 bits per heavy atom. The van der Waals surface area contributed by atoms with E-state index in [0.717, 1.165) is 12.2 Å². The average Bonchev–Trinajstić information content (AvgIpc) is 2.27. The lowest BCUT2D eigenvalue weighted by molar-refractivity contribution is 0.103. The van der Waals surface area contributed by atoms with Gasteiger partial charge in [-0.1, -0.05) is 12.6 Å². The highest BCUT2D eigenvalue weighted by molar-refractivity contribution is 6.10. The van der Waals surface area contributed by atoms with Gasteiger partial charge in [-0.15, -0.1) is 0 Å². The van der Waals surface area contributed by atoms with E-state index in [2.05, 4.69) is 11.9 Å². The van der Waals surface area contributed by atoms with E-state index in [0.29, 0.717) is 23.5 Å². The molecule has 1 aromatic carbocycles. The highest BCUT2D eigenvalue weighted by atomic mass is 16.5. The van der Waals surface area contributed by atoms with Gasteiger partial charge in [-0.3, -0.25) is 4.79 Å². The second-order valence-electron chi connectivity index (χ2n) is 3.57. The molecule has 0 saturated carbocycles. The Kier molecular flexibility index (Phi) is 2.46. The molecule has 3 heteroatoms. The molecule has 1 aromatic rings.